The third-order valence-corrected chi connectivity index (χ3v) is 3.74. The Morgan fingerprint density at radius 2 is 1.96 bits per heavy atom. The van der Waals surface area contributed by atoms with Crippen LogP contribution >= 0.6 is 0 Å². The van der Waals surface area contributed by atoms with Gasteiger partial charge in [-0.15, -0.1) is 0 Å². The number of carbonyl (C=O) groups excluding carboxylic acids is 1. The second-order valence-electron chi connectivity index (χ2n) is 5.33. The number of nitrogens with one attached hydrogen (secondary N) is 2. The highest BCUT2D eigenvalue weighted by atomic mass is 16.5. The summed E-state index contributed by atoms with van der Waals surface area (Å²) in [7, 11) is 1.57. The van der Waals surface area contributed by atoms with Crippen LogP contribution in [0.1, 0.15) is 10.5 Å². The Morgan fingerprint density at radius 3 is 2.80 bits per heavy atom. The average molecular weight is 334 g/mol. The lowest BCUT2D eigenvalue weighted by Gasteiger charge is -2.03. The molecular weight excluding hydrogens is 320 g/mol. The first-order valence-corrected chi connectivity index (χ1v) is 7.61. The van der Waals surface area contributed by atoms with E-state index in [9.17, 15) is 4.79 Å². The van der Waals surface area contributed by atoms with Gasteiger partial charge in [0.1, 0.15) is 5.75 Å². The minimum absolute atomic E-state index is 0.154. The van der Waals surface area contributed by atoms with Crippen molar-refractivity contribution in [3.05, 3.63) is 60.3 Å². The molecule has 2 aromatic carbocycles. The number of imidazole rings is 1. The fourth-order valence-corrected chi connectivity index (χ4v) is 2.54. The summed E-state index contributed by atoms with van der Waals surface area (Å²) < 4.78 is 10.6. The van der Waals surface area contributed by atoms with E-state index in [0.29, 0.717) is 17.5 Å². The van der Waals surface area contributed by atoms with Gasteiger partial charge in [0.15, 0.2) is 11.5 Å². The van der Waals surface area contributed by atoms with Crippen LogP contribution in [0.5, 0.6) is 5.75 Å². The summed E-state index contributed by atoms with van der Waals surface area (Å²) in [4.78, 5) is 19.7. The van der Waals surface area contributed by atoms with Gasteiger partial charge in [0.2, 0.25) is 5.95 Å². The first kappa shape index (κ1) is 14.9. The van der Waals surface area contributed by atoms with Gasteiger partial charge in [-0.1, -0.05) is 29.4 Å². The van der Waals surface area contributed by atoms with Crippen molar-refractivity contribution in [1.82, 2.24) is 15.1 Å². The number of nitrogens with zero attached hydrogens (tertiary/aromatic N) is 2. The van der Waals surface area contributed by atoms with Crippen LogP contribution in [0.15, 0.2) is 59.1 Å². The van der Waals surface area contributed by atoms with E-state index in [-0.39, 0.29) is 5.69 Å². The maximum absolute atomic E-state index is 12.4. The lowest BCUT2D eigenvalue weighted by Crippen LogP contribution is -2.13. The number of hydrogen-bond acceptors (Lipinski definition) is 5. The van der Waals surface area contributed by atoms with Crippen molar-refractivity contribution in [3.8, 4) is 17.1 Å². The van der Waals surface area contributed by atoms with Crippen LogP contribution in [0.25, 0.3) is 22.4 Å². The van der Waals surface area contributed by atoms with Crippen LogP contribution in [0.3, 0.4) is 0 Å². The number of fused-ring (bicyclic) bond motifs is 1. The quantitative estimate of drug-likeness (QED) is 0.596. The van der Waals surface area contributed by atoms with Crippen LogP contribution in [-0.4, -0.2) is 28.1 Å². The zero-order valence-corrected chi connectivity index (χ0v) is 13.3. The molecule has 2 N–H and O–H groups in total. The van der Waals surface area contributed by atoms with Crippen LogP contribution in [0.2, 0.25) is 0 Å². The van der Waals surface area contributed by atoms with Crippen LogP contribution < -0.4 is 10.1 Å². The maximum atomic E-state index is 12.4. The first-order valence-electron chi connectivity index (χ1n) is 7.61. The number of para-hydroxylation sites is 3. The molecule has 0 bridgehead atoms. The summed E-state index contributed by atoms with van der Waals surface area (Å²) in [6.45, 7) is 0. The monoisotopic (exact) mass is 334 g/mol. The van der Waals surface area contributed by atoms with E-state index < -0.39 is 5.91 Å². The Hall–Kier alpha value is -3.61. The van der Waals surface area contributed by atoms with Gasteiger partial charge in [0.05, 0.1) is 23.7 Å². The number of benzene rings is 2. The van der Waals surface area contributed by atoms with Crippen molar-refractivity contribution in [1.29, 1.82) is 0 Å². The smallest absolute Gasteiger partial charge is 0.280 e. The van der Waals surface area contributed by atoms with Gasteiger partial charge in [-0.25, -0.2) is 4.98 Å². The number of aromatic nitrogens is 3. The Bertz CT molecular complexity index is 1020. The van der Waals surface area contributed by atoms with Gasteiger partial charge in [-0.2, -0.15) is 0 Å². The molecule has 4 rings (SSSR count). The van der Waals surface area contributed by atoms with E-state index in [1.807, 2.05) is 48.5 Å². The number of amides is 1. The number of carbonyl (C=O) groups is 1. The summed E-state index contributed by atoms with van der Waals surface area (Å²) in [5.41, 5.74) is 2.49. The van der Waals surface area contributed by atoms with Gasteiger partial charge in [-0.05, 0) is 24.3 Å². The van der Waals surface area contributed by atoms with E-state index in [2.05, 4.69) is 20.4 Å². The fraction of sp³-hybridized carbons (Fsp3) is 0.0556. The largest absolute Gasteiger partial charge is 0.496 e. The molecule has 2 aromatic heterocycles. The molecule has 0 atom stereocenters. The predicted molar refractivity (Wildman–Crippen MR) is 92.5 cm³/mol. The van der Waals surface area contributed by atoms with E-state index >= 15 is 0 Å². The van der Waals surface area contributed by atoms with Crippen molar-refractivity contribution in [2.24, 2.45) is 0 Å². The minimum atomic E-state index is -0.413. The van der Waals surface area contributed by atoms with E-state index in [4.69, 9.17) is 9.26 Å². The molecule has 0 aliphatic rings. The molecule has 25 heavy (non-hydrogen) atoms. The van der Waals surface area contributed by atoms with Crippen LogP contribution in [-0.2, 0) is 0 Å². The Kier molecular flexibility index (Phi) is 3.66. The molecule has 7 heteroatoms. The highest BCUT2D eigenvalue weighted by Crippen LogP contribution is 2.30. The second-order valence-corrected chi connectivity index (χ2v) is 5.33. The van der Waals surface area contributed by atoms with Crippen molar-refractivity contribution in [3.63, 3.8) is 0 Å². The van der Waals surface area contributed by atoms with E-state index in [0.717, 1.165) is 16.6 Å². The number of hydrogen-bond donors (Lipinski definition) is 2. The molecule has 124 valence electrons. The van der Waals surface area contributed by atoms with E-state index in [1.165, 1.54) is 0 Å². The summed E-state index contributed by atoms with van der Waals surface area (Å²) >= 11 is 0. The maximum Gasteiger partial charge on any atom is 0.280 e. The number of anilines is 1. The third kappa shape index (κ3) is 2.83. The van der Waals surface area contributed by atoms with Crippen LogP contribution in [0.4, 0.5) is 5.95 Å². The highest BCUT2D eigenvalue weighted by molar-refractivity contribution is 6.03. The molecule has 4 aromatic rings. The molecule has 0 fully saturated rings. The minimum Gasteiger partial charge on any atom is -0.496 e. The van der Waals surface area contributed by atoms with Gasteiger partial charge in [-0.3, -0.25) is 10.1 Å². The number of ether oxygens (including phenoxy) is 1. The molecule has 0 aliphatic carbocycles. The topological polar surface area (TPSA) is 93.0 Å². The van der Waals surface area contributed by atoms with Crippen molar-refractivity contribution in [2.75, 3.05) is 12.4 Å². The first-order chi connectivity index (χ1) is 12.2. The third-order valence-electron chi connectivity index (χ3n) is 3.74. The number of methoxy groups -OCH3 is 1. The zero-order valence-electron chi connectivity index (χ0n) is 13.3. The summed E-state index contributed by atoms with van der Waals surface area (Å²) in [6.07, 6.45) is 0. The molecule has 0 radical (unpaired) electrons. The Labute approximate surface area is 142 Å². The normalized spacial score (nSPS) is 10.8. The van der Waals surface area contributed by atoms with Crippen molar-refractivity contribution in [2.45, 2.75) is 0 Å². The molecule has 0 spiro atoms. The molecule has 0 aliphatic heterocycles. The Morgan fingerprint density at radius 1 is 1.16 bits per heavy atom. The van der Waals surface area contributed by atoms with Crippen LogP contribution in [0, 0.1) is 0 Å². The zero-order chi connectivity index (χ0) is 17.2. The summed E-state index contributed by atoms with van der Waals surface area (Å²) in [6, 6.07) is 16.4. The van der Waals surface area contributed by atoms with Gasteiger partial charge in [0, 0.05) is 6.07 Å². The lowest BCUT2D eigenvalue weighted by molar-refractivity contribution is 0.101. The predicted octanol–water partition coefficient (Wildman–Crippen LogP) is 3.48. The lowest BCUT2D eigenvalue weighted by atomic mass is 10.1. The molecule has 0 unspecified atom stereocenters. The van der Waals surface area contributed by atoms with Crippen molar-refractivity contribution < 1.29 is 14.1 Å². The van der Waals surface area contributed by atoms with Gasteiger partial charge < -0.3 is 14.2 Å². The summed E-state index contributed by atoms with van der Waals surface area (Å²) in [5.74, 6) is 1.03. The average Bonchev–Trinajstić information content (AvgIpc) is 3.28. The molecule has 0 saturated carbocycles. The molecule has 1 amide bonds. The molecule has 2 heterocycles. The fourth-order valence-electron chi connectivity index (χ4n) is 2.54. The standard InChI is InChI=1S/C18H14N4O3/c1-24-15-9-5-2-6-11(15)16-10-14(22-25-16)17(23)21-18-19-12-7-3-4-8-13(12)20-18/h2-10H,1H3,(H2,19,20,21,23). The Balaban J connectivity index is 1.58. The summed E-state index contributed by atoms with van der Waals surface area (Å²) in [5, 5.41) is 6.52. The second kappa shape index (κ2) is 6.12. The number of rotatable bonds is 4. The van der Waals surface area contributed by atoms with E-state index in [1.54, 1.807) is 13.2 Å². The van der Waals surface area contributed by atoms with Crippen molar-refractivity contribution >= 4 is 22.9 Å². The number of H-pyrrole nitrogens is 1. The van der Waals surface area contributed by atoms with Gasteiger partial charge >= 0.3 is 0 Å². The highest BCUT2D eigenvalue weighted by Gasteiger charge is 2.17. The SMILES string of the molecule is COc1ccccc1-c1cc(C(=O)Nc2nc3ccccc3[nH]2)no1. The number of aromatic amines is 1. The molecule has 0 saturated heterocycles. The van der Waals surface area contributed by atoms with Gasteiger partial charge in [0.25, 0.3) is 5.91 Å². The molecular formula is C18H14N4O3. The molecule has 7 nitrogen and oxygen atoms in total.